The molecule has 0 aliphatic carbocycles. The van der Waals surface area contributed by atoms with Gasteiger partial charge >= 0.3 is 0 Å². The zero-order valence-corrected chi connectivity index (χ0v) is 15.3. The van der Waals surface area contributed by atoms with Crippen LogP contribution in [0.4, 0.5) is 10.2 Å². The van der Waals surface area contributed by atoms with Gasteiger partial charge in [0.05, 0.1) is 30.3 Å². The number of aliphatic hydroxyl groups is 1. The molecule has 3 heterocycles. The van der Waals surface area contributed by atoms with E-state index in [1.807, 2.05) is 0 Å². The van der Waals surface area contributed by atoms with Gasteiger partial charge in [0.15, 0.2) is 5.82 Å². The van der Waals surface area contributed by atoms with Gasteiger partial charge in [0.1, 0.15) is 11.9 Å². The van der Waals surface area contributed by atoms with Gasteiger partial charge in [-0.15, -0.1) is 0 Å². The second-order valence-corrected chi connectivity index (χ2v) is 6.80. The number of H-pyrrole nitrogens is 1. The summed E-state index contributed by atoms with van der Waals surface area (Å²) in [5, 5.41) is 33.4. The van der Waals surface area contributed by atoms with E-state index in [9.17, 15) is 14.3 Å². The Morgan fingerprint density at radius 2 is 2.21 bits per heavy atom. The molecule has 146 valence electrons. The van der Waals surface area contributed by atoms with Crippen molar-refractivity contribution in [1.29, 1.82) is 5.26 Å². The molecule has 29 heavy (non-hydrogen) atoms. The first-order valence-electron chi connectivity index (χ1n) is 9.07. The van der Waals surface area contributed by atoms with Crippen LogP contribution in [0.25, 0.3) is 11.3 Å². The molecule has 1 fully saturated rings. The van der Waals surface area contributed by atoms with E-state index in [-0.39, 0.29) is 24.0 Å². The molecule has 9 heteroatoms. The highest BCUT2D eigenvalue weighted by molar-refractivity contribution is 5.97. The SMILES string of the molecule is N#Cc1ccc(CC2CCN(c3n[nH]c(-c4ccnnc4)c3CO)C2=O)cc1F. The monoisotopic (exact) mass is 392 g/mol. The molecule has 1 amide bonds. The lowest BCUT2D eigenvalue weighted by Crippen LogP contribution is -2.29. The Morgan fingerprint density at radius 1 is 1.34 bits per heavy atom. The van der Waals surface area contributed by atoms with Crippen LogP contribution < -0.4 is 4.90 Å². The fraction of sp³-hybridized carbons (Fsp3) is 0.250. The number of aliphatic hydroxyl groups excluding tert-OH is 1. The predicted molar refractivity (Wildman–Crippen MR) is 101 cm³/mol. The standard InChI is InChI=1S/C20H17FN6O2/c21-17-8-12(1-2-14(17)9-22)7-13-4-6-27(20(13)29)19-16(11-28)18(25-26-19)15-3-5-23-24-10-15/h1-3,5,8,10,13,28H,4,6-7,11H2,(H,25,26). The Hall–Kier alpha value is -3.64. The van der Waals surface area contributed by atoms with E-state index in [4.69, 9.17) is 5.26 Å². The van der Waals surface area contributed by atoms with Crippen LogP contribution in [0.5, 0.6) is 0 Å². The number of benzene rings is 1. The minimum atomic E-state index is -0.585. The van der Waals surface area contributed by atoms with Crippen LogP contribution in [0.15, 0.2) is 36.7 Å². The summed E-state index contributed by atoms with van der Waals surface area (Å²) in [7, 11) is 0. The zero-order chi connectivity index (χ0) is 20.4. The number of nitrogens with zero attached hydrogens (tertiary/aromatic N) is 5. The number of aromatic amines is 1. The molecule has 3 aromatic rings. The van der Waals surface area contributed by atoms with E-state index >= 15 is 0 Å². The van der Waals surface area contributed by atoms with Crippen molar-refractivity contribution in [2.45, 2.75) is 19.4 Å². The van der Waals surface area contributed by atoms with Crippen molar-refractivity contribution in [2.75, 3.05) is 11.4 Å². The number of halogens is 1. The number of nitrogens with one attached hydrogen (secondary N) is 1. The Balaban J connectivity index is 1.56. The van der Waals surface area contributed by atoms with Crippen molar-refractivity contribution >= 4 is 11.7 Å². The van der Waals surface area contributed by atoms with Gasteiger partial charge in [-0.05, 0) is 36.6 Å². The molecule has 1 aromatic carbocycles. The van der Waals surface area contributed by atoms with Crippen molar-refractivity contribution < 1.29 is 14.3 Å². The number of amides is 1. The zero-order valence-electron chi connectivity index (χ0n) is 15.3. The fourth-order valence-electron chi connectivity index (χ4n) is 3.61. The third kappa shape index (κ3) is 3.46. The molecule has 1 atom stereocenters. The summed E-state index contributed by atoms with van der Waals surface area (Å²) in [6, 6.07) is 7.92. The lowest BCUT2D eigenvalue weighted by atomic mass is 9.97. The minimum Gasteiger partial charge on any atom is -0.391 e. The molecule has 8 nitrogen and oxygen atoms in total. The summed E-state index contributed by atoms with van der Waals surface area (Å²) >= 11 is 0. The van der Waals surface area contributed by atoms with E-state index in [1.165, 1.54) is 18.3 Å². The Labute approximate surface area is 165 Å². The highest BCUT2D eigenvalue weighted by Gasteiger charge is 2.35. The summed E-state index contributed by atoms with van der Waals surface area (Å²) < 4.78 is 13.9. The van der Waals surface area contributed by atoms with Gasteiger partial charge < -0.3 is 5.11 Å². The first-order valence-corrected chi connectivity index (χ1v) is 9.07. The third-order valence-electron chi connectivity index (χ3n) is 5.08. The molecule has 0 bridgehead atoms. The number of carbonyl (C=O) groups excluding carboxylic acids is 1. The molecule has 1 unspecified atom stereocenters. The molecule has 2 N–H and O–H groups in total. The minimum absolute atomic E-state index is 0.0182. The average molecular weight is 392 g/mol. The lowest BCUT2D eigenvalue weighted by Gasteiger charge is -2.16. The Morgan fingerprint density at radius 3 is 2.90 bits per heavy atom. The van der Waals surface area contributed by atoms with E-state index in [1.54, 1.807) is 29.3 Å². The summed E-state index contributed by atoms with van der Waals surface area (Å²) in [6.45, 7) is 0.160. The molecular weight excluding hydrogens is 375 g/mol. The lowest BCUT2D eigenvalue weighted by molar-refractivity contribution is -0.120. The topological polar surface area (TPSA) is 119 Å². The largest absolute Gasteiger partial charge is 0.391 e. The maximum atomic E-state index is 13.9. The Kier molecular flexibility index (Phi) is 5.01. The van der Waals surface area contributed by atoms with Gasteiger partial charge in [-0.1, -0.05) is 6.07 Å². The first-order chi connectivity index (χ1) is 14.1. The maximum absolute atomic E-state index is 13.9. The van der Waals surface area contributed by atoms with Gasteiger partial charge in [0.2, 0.25) is 5.91 Å². The van der Waals surface area contributed by atoms with Crippen molar-refractivity contribution in [3.63, 3.8) is 0 Å². The van der Waals surface area contributed by atoms with Crippen molar-refractivity contribution in [3.8, 4) is 17.3 Å². The van der Waals surface area contributed by atoms with Crippen molar-refractivity contribution in [3.05, 3.63) is 59.2 Å². The number of hydrogen-bond acceptors (Lipinski definition) is 6. The Bertz CT molecular complexity index is 1090. The molecule has 4 rings (SSSR count). The molecule has 1 aliphatic rings. The highest BCUT2D eigenvalue weighted by atomic mass is 19.1. The van der Waals surface area contributed by atoms with E-state index in [2.05, 4.69) is 20.4 Å². The summed E-state index contributed by atoms with van der Waals surface area (Å²) in [5.41, 5.74) is 2.45. The number of carbonyl (C=O) groups is 1. The number of hydrogen-bond donors (Lipinski definition) is 2. The molecule has 0 spiro atoms. The van der Waals surface area contributed by atoms with Crippen LogP contribution in [0, 0.1) is 23.1 Å². The number of anilines is 1. The van der Waals surface area contributed by atoms with E-state index in [0.29, 0.717) is 47.6 Å². The van der Waals surface area contributed by atoms with E-state index < -0.39 is 5.82 Å². The van der Waals surface area contributed by atoms with Crippen LogP contribution in [0.2, 0.25) is 0 Å². The van der Waals surface area contributed by atoms with Crippen LogP contribution in [-0.2, 0) is 17.8 Å². The summed E-state index contributed by atoms with van der Waals surface area (Å²) in [4.78, 5) is 14.5. The molecule has 0 radical (unpaired) electrons. The van der Waals surface area contributed by atoms with Crippen LogP contribution >= 0.6 is 0 Å². The third-order valence-corrected chi connectivity index (χ3v) is 5.08. The van der Waals surface area contributed by atoms with Gasteiger partial charge in [-0.2, -0.15) is 20.6 Å². The van der Waals surface area contributed by atoms with Gasteiger partial charge in [0, 0.05) is 23.6 Å². The van der Waals surface area contributed by atoms with Gasteiger partial charge in [-0.25, -0.2) is 4.39 Å². The normalized spacial score (nSPS) is 16.2. The molecular formula is C20H17FN6O2. The van der Waals surface area contributed by atoms with E-state index in [0.717, 1.165) is 0 Å². The van der Waals surface area contributed by atoms with Crippen LogP contribution in [-0.4, -0.2) is 38.0 Å². The summed E-state index contributed by atoms with van der Waals surface area (Å²) in [5.74, 6) is -0.650. The molecule has 1 aliphatic heterocycles. The summed E-state index contributed by atoms with van der Waals surface area (Å²) in [6.07, 6.45) is 4.04. The highest BCUT2D eigenvalue weighted by Crippen LogP contribution is 2.33. The van der Waals surface area contributed by atoms with Crippen LogP contribution in [0.3, 0.4) is 0 Å². The smallest absolute Gasteiger partial charge is 0.231 e. The second kappa shape index (κ2) is 7.77. The number of aromatic nitrogens is 4. The van der Waals surface area contributed by atoms with Crippen LogP contribution in [0.1, 0.15) is 23.1 Å². The molecule has 1 saturated heterocycles. The average Bonchev–Trinajstić information content (AvgIpc) is 3.32. The van der Waals surface area contributed by atoms with Crippen molar-refractivity contribution in [2.24, 2.45) is 5.92 Å². The quantitative estimate of drug-likeness (QED) is 0.685. The molecule has 2 aromatic heterocycles. The van der Waals surface area contributed by atoms with Gasteiger partial charge in [0.25, 0.3) is 0 Å². The number of rotatable bonds is 5. The van der Waals surface area contributed by atoms with Crippen molar-refractivity contribution in [1.82, 2.24) is 20.4 Å². The molecule has 0 saturated carbocycles. The first kappa shape index (κ1) is 18.7. The second-order valence-electron chi connectivity index (χ2n) is 6.80. The maximum Gasteiger partial charge on any atom is 0.231 e. The fourth-order valence-corrected chi connectivity index (χ4v) is 3.61. The number of nitriles is 1. The van der Waals surface area contributed by atoms with Gasteiger partial charge in [-0.3, -0.25) is 14.8 Å². The predicted octanol–water partition coefficient (Wildman–Crippen LogP) is 1.97.